The normalized spacial score (nSPS) is 16.9. The van der Waals surface area contributed by atoms with Crippen LogP contribution in [0, 0.1) is 0 Å². The van der Waals surface area contributed by atoms with Crippen molar-refractivity contribution in [3.05, 3.63) is 29.8 Å². The molecule has 20 heavy (non-hydrogen) atoms. The van der Waals surface area contributed by atoms with E-state index in [1.165, 1.54) is 0 Å². The predicted molar refractivity (Wildman–Crippen MR) is 73.8 cm³/mol. The van der Waals surface area contributed by atoms with E-state index in [2.05, 4.69) is 5.32 Å². The number of benzene rings is 1. The molecule has 0 saturated carbocycles. The number of hydrogen-bond donors (Lipinski definition) is 2. The van der Waals surface area contributed by atoms with Crippen LogP contribution in [0.25, 0.3) is 0 Å². The third-order valence-corrected chi connectivity index (χ3v) is 3.32. The topological polar surface area (TPSA) is 78.9 Å². The Balaban J connectivity index is 2.07. The molecule has 0 spiro atoms. The summed E-state index contributed by atoms with van der Waals surface area (Å²) in [7, 11) is 1.56. The molecule has 6 nitrogen and oxygen atoms in total. The van der Waals surface area contributed by atoms with Gasteiger partial charge in [0.2, 0.25) is 5.91 Å². The molecule has 1 heterocycles. The van der Waals surface area contributed by atoms with E-state index >= 15 is 0 Å². The molecule has 1 aromatic rings. The summed E-state index contributed by atoms with van der Waals surface area (Å²) in [5, 5.41) is 12.0. The van der Waals surface area contributed by atoms with Crippen molar-refractivity contribution in [1.82, 2.24) is 5.32 Å². The van der Waals surface area contributed by atoms with E-state index in [0.29, 0.717) is 19.6 Å². The number of fused-ring (bicyclic) bond motifs is 1. The first kappa shape index (κ1) is 14.3. The summed E-state index contributed by atoms with van der Waals surface area (Å²) in [4.78, 5) is 24.8. The molecule has 2 N–H and O–H groups in total. The minimum atomic E-state index is -0.911. The molecule has 0 radical (unpaired) electrons. The van der Waals surface area contributed by atoms with Crippen LogP contribution in [0.4, 0.5) is 5.69 Å². The molecule has 0 saturated heterocycles. The monoisotopic (exact) mass is 278 g/mol. The Labute approximate surface area is 117 Å². The van der Waals surface area contributed by atoms with E-state index in [4.69, 9.17) is 4.74 Å². The van der Waals surface area contributed by atoms with E-state index < -0.39 is 12.0 Å². The number of methoxy groups -OCH3 is 1. The Morgan fingerprint density at radius 2 is 2.20 bits per heavy atom. The first-order valence-electron chi connectivity index (χ1n) is 6.46. The fraction of sp³-hybridized carbons (Fsp3) is 0.429. The summed E-state index contributed by atoms with van der Waals surface area (Å²) in [6.45, 7) is 0.894. The molecule has 0 aromatic heterocycles. The number of carboxylic acid groups (broad SMARTS) is 1. The maximum Gasteiger partial charge on any atom is 0.326 e. The van der Waals surface area contributed by atoms with E-state index in [1.807, 2.05) is 24.3 Å². The van der Waals surface area contributed by atoms with Gasteiger partial charge in [-0.05, 0) is 11.6 Å². The zero-order chi connectivity index (χ0) is 14.5. The minimum absolute atomic E-state index is 0.0394. The standard InChI is InChI=1S/C14H18N2O4/c1-20-7-6-15-13(17)9-16-11-5-3-2-4-10(11)8-12(16)14(18)19/h2-5,12H,6-9H2,1H3,(H,15,17)(H,18,19). The molecule has 1 amide bonds. The van der Waals surface area contributed by atoms with Crippen LogP contribution in [0.15, 0.2) is 24.3 Å². The number of nitrogens with one attached hydrogen (secondary N) is 1. The van der Waals surface area contributed by atoms with Gasteiger partial charge in [0, 0.05) is 25.8 Å². The van der Waals surface area contributed by atoms with Gasteiger partial charge in [-0.15, -0.1) is 0 Å². The van der Waals surface area contributed by atoms with Gasteiger partial charge in [-0.3, -0.25) is 4.79 Å². The Morgan fingerprint density at radius 3 is 2.90 bits per heavy atom. The molecule has 2 rings (SSSR count). The van der Waals surface area contributed by atoms with Crippen LogP contribution in [0.2, 0.25) is 0 Å². The third-order valence-electron chi connectivity index (χ3n) is 3.32. The Morgan fingerprint density at radius 1 is 1.45 bits per heavy atom. The third kappa shape index (κ3) is 3.08. The lowest BCUT2D eigenvalue weighted by Gasteiger charge is -2.24. The fourth-order valence-electron chi connectivity index (χ4n) is 2.37. The summed E-state index contributed by atoms with van der Waals surface area (Å²) in [5.41, 5.74) is 1.78. The molecule has 1 aromatic carbocycles. The lowest BCUT2D eigenvalue weighted by Crippen LogP contribution is -2.45. The molecule has 1 unspecified atom stereocenters. The van der Waals surface area contributed by atoms with Crippen LogP contribution in [-0.4, -0.2) is 49.8 Å². The van der Waals surface area contributed by atoms with Gasteiger partial charge in [0.1, 0.15) is 6.04 Å². The van der Waals surface area contributed by atoms with Crippen molar-refractivity contribution in [3.8, 4) is 0 Å². The zero-order valence-electron chi connectivity index (χ0n) is 11.3. The van der Waals surface area contributed by atoms with Crippen molar-refractivity contribution >= 4 is 17.6 Å². The van der Waals surface area contributed by atoms with Gasteiger partial charge in [-0.25, -0.2) is 4.79 Å². The Kier molecular flexibility index (Phi) is 4.57. The quantitative estimate of drug-likeness (QED) is 0.730. The van der Waals surface area contributed by atoms with Crippen molar-refractivity contribution in [1.29, 1.82) is 0 Å². The second-order valence-corrected chi connectivity index (χ2v) is 4.66. The van der Waals surface area contributed by atoms with Crippen LogP contribution in [0.3, 0.4) is 0 Å². The second kappa shape index (κ2) is 6.38. The fourth-order valence-corrected chi connectivity index (χ4v) is 2.37. The highest BCUT2D eigenvalue weighted by Gasteiger charge is 2.35. The van der Waals surface area contributed by atoms with Crippen LogP contribution >= 0.6 is 0 Å². The number of carbonyl (C=O) groups is 2. The van der Waals surface area contributed by atoms with Crippen LogP contribution in [-0.2, 0) is 20.7 Å². The van der Waals surface area contributed by atoms with Gasteiger partial charge >= 0.3 is 5.97 Å². The number of amides is 1. The molecular weight excluding hydrogens is 260 g/mol. The Bertz CT molecular complexity index is 504. The summed E-state index contributed by atoms with van der Waals surface area (Å²) < 4.78 is 4.86. The van der Waals surface area contributed by atoms with Gasteiger partial charge in [0.15, 0.2) is 0 Å². The highest BCUT2D eigenvalue weighted by molar-refractivity contribution is 5.88. The molecule has 1 aliphatic heterocycles. The van der Waals surface area contributed by atoms with Crippen LogP contribution in [0.1, 0.15) is 5.56 Å². The maximum absolute atomic E-state index is 11.9. The Hall–Kier alpha value is -2.08. The number of rotatable bonds is 6. The molecule has 0 aliphatic carbocycles. The lowest BCUT2D eigenvalue weighted by molar-refractivity contribution is -0.138. The minimum Gasteiger partial charge on any atom is -0.480 e. The summed E-state index contributed by atoms with van der Waals surface area (Å²) in [6, 6.07) is 6.79. The van der Waals surface area contributed by atoms with Crippen molar-refractivity contribution in [2.45, 2.75) is 12.5 Å². The van der Waals surface area contributed by atoms with Gasteiger partial charge in [0.25, 0.3) is 0 Å². The SMILES string of the molecule is COCCNC(=O)CN1c2ccccc2CC1C(=O)O. The van der Waals surface area contributed by atoms with Crippen LogP contribution in [0.5, 0.6) is 0 Å². The molecular formula is C14H18N2O4. The smallest absolute Gasteiger partial charge is 0.326 e. The first-order valence-corrected chi connectivity index (χ1v) is 6.46. The average molecular weight is 278 g/mol. The number of carbonyl (C=O) groups excluding carboxylic acids is 1. The predicted octanol–water partition coefficient (Wildman–Crippen LogP) is 0.265. The van der Waals surface area contributed by atoms with Crippen molar-refractivity contribution in [2.24, 2.45) is 0 Å². The maximum atomic E-state index is 11.9. The number of nitrogens with zero attached hydrogens (tertiary/aromatic N) is 1. The number of anilines is 1. The van der Waals surface area contributed by atoms with Gasteiger partial charge in [-0.2, -0.15) is 0 Å². The van der Waals surface area contributed by atoms with Gasteiger partial charge in [0.05, 0.1) is 13.2 Å². The molecule has 1 atom stereocenters. The van der Waals surface area contributed by atoms with Crippen molar-refractivity contribution in [2.75, 3.05) is 31.7 Å². The largest absolute Gasteiger partial charge is 0.480 e. The number of para-hydroxylation sites is 1. The lowest BCUT2D eigenvalue weighted by atomic mass is 10.1. The number of aliphatic carboxylic acids is 1. The number of carboxylic acids is 1. The van der Waals surface area contributed by atoms with Crippen LogP contribution < -0.4 is 10.2 Å². The molecule has 6 heteroatoms. The second-order valence-electron chi connectivity index (χ2n) is 4.66. The first-order chi connectivity index (χ1) is 9.63. The van der Waals surface area contributed by atoms with Gasteiger partial charge < -0.3 is 20.1 Å². The van der Waals surface area contributed by atoms with Crippen molar-refractivity contribution < 1.29 is 19.4 Å². The van der Waals surface area contributed by atoms with Gasteiger partial charge in [-0.1, -0.05) is 18.2 Å². The summed E-state index contributed by atoms with van der Waals surface area (Å²) in [5.74, 6) is -1.11. The summed E-state index contributed by atoms with van der Waals surface area (Å²) in [6.07, 6.45) is 0.427. The van der Waals surface area contributed by atoms with E-state index in [9.17, 15) is 14.7 Å². The molecule has 1 aliphatic rings. The van der Waals surface area contributed by atoms with E-state index in [1.54, 1.807) is 12.0 Å². The molecule has 0 bridgehead atoms. The highest BCUT2D eigenvalue weighted by atomic mass is 16.5. The van der Waals surface area contributed by atoms with E-state index in [-0.39, 0.29) is 12.5 Å². The zero-order valence-corrected chi connectivity index (χ0v) is 11.3. The average Bonchev–Trinajstić information content (AvgIpc) is 2.78. The molecule has 0 fully saturated rings. The van der Waals surface area contributed by atoms with E-state index in [0.717, 1.165) is 11.3 Å². The van der Waals surface area contributed by atoms with Crippen molar-refractivity contribution in [3.63, 3.8) is 0 Å². The number of hydrogen-bond acceptors (Lipinski definition) is 4. The number of ether oxygens (including phenoxy) is 1. The molecule has 108 valence electrons. The summed E-state index contributed by atoms with van der Waals surface area (Å²) >= 11 is 0. The highest BCUT2D eigenvalue weighted by Crippen LogP contribution is 2.31.